The van der Waals surface area contributed by atoms with Gasteiger partial charge in [-0.05, 0) is 43.4 Å². The van der Waals surface area contributed by atoms with Gasteiger partial charge in [0.15, 0.2) is 0 Å². The van der Waals surface area contributed by atoms with Crippen molar-refractivity contribution in [1.29, 1.82) is 0 Å². The summed E-state index contributed by atoms with van der Waals surface area (Å²) < 4.78 is 0. The molecule has 1 heteroatoms. The maximum absolute atomic E-state index is 4.78. The van der Waals surface area contributed by atoms with Gasteiger partial charge in [-0.1, -0.05) is 44.6 Å². The molecular formula is C18H29N. The van der Waals surface area contributed by atoms with E-state index in [1.54, 1.807) is 0 Å². The summed E-state index contributed by atoms with van der Waals surface area (Å²) in [6.07, 6.45) is 11.9. The van der Waals surface area contributed by atoms with Crippen molar-refractivity contribution in [3.05, 3.63) is 37.0 Å². The second-order valence-corrected chi connectivity index (χ2v) is 6.33. The Balaban J connectivity index is 2.87. The second-order valence-electron chi connectivity index (χ2n) is 6.33. The molecule has 1 rings (SSSR count). The zero-order valence-electron chi connectivity index (χ0n) is 12.9. The first kappa shape index (κ1) is 15.9. The molecule has 1 aliphatic carbocycles. The van der Waals surface area contributed by atoms with Crippen LogP contribution in [0.4, 0.5) is 0 Å². The molecule has 106 valence electrons. The van der Waals surface area contributed by atoms with E-state index in [4.69, 9.17) is 4.99 Å². The fraction of sp³-hybridized carbons (Fsp3) is 0.611. The lowest BCUT2D eigenvalue weighted by molar-refractivity contribution is 0.429. The maximum atomic E-state index is 4.78. The molecule has 0 spiro atoms. The third-order valence-electron chi connectivity index (χ3n) is 3.86. The quantitative estimate of drug-likeness (QED) is 0.466. The zero-order valence-corrected chi connectivity index (χ0v) is 12.9. The number of aliphatic imine (C=N–C) groups is 1. The first-order valence-electron chi connectivity index (χ1n) is 7.44. The molecule has 1 aliphatic rings. The molecule has 0 amide bonds. The van der Waals surface area contributed by atoms with Crippen molar-refractivity contribution in [1.82, 2.24) is 0 Å². The molecule has 0 saturated heterocycles. The number of rotatable bonds is 5. The van der Waals surface area contributed by atoms with Crippen LogP contribution in [0.3, 0.4) is 0 Å². The minimum absolute atomic E-state index is 0.270. The third-order valence-corrected chi connectivity index (χ3v) is 3.86. The molecule has 0 aliphatic heterocycles. The van der Waals surface area contributed by atoms with Crippen LogP contribution in [0.1, 0.15) is 52.9 Å². The Labute approximate surface area is 119 Å². The average molecular weight is 259 g/mol. The lowest BCUT2D eigenvalue weighted by Gasteiger charge is -2.29. The zero-order chi connectivity index (χ0) is 14.3. The molecule has 0 aromatic heterocycles. The Morgan fingerprint density at radius 3 is 2.74 bits per heavy atom. The first-order valence-corrected chi connectivity index (χ1v) is 7.44. The van der Waals surface area contributed by atoms with Crippen LogP contribution < -0.4 is 0 Å². The second kappa shape index (κ2) is 7.47. The number of hydrogen-bond acceptors (Lipinski definition) is 1. The molecule has 0 aromatic rings. The van der Waals surface area contributed by atoms with Crippen molar-refractivity contribution in [3.63, 3.8) is 0 Å². The highest BCUT2D eigenvalue weighted by Gasteiger charge is 2.23. The van der Waals surface area contributed by atoms with Gasteiger partial charge in [0, 0.05) is 12.3 Å². The molecule has 0 heterocycles. The molecule has 1 atom stereocenters. The van der Waals surface area contributed by atoms with Crippen molar-refractivity contribution in [2.75, 3.05) is 6.54 Å². The predicted molar refractivity (Wildman–Crippen MR) is 86.8 cm³/mol. The van der Waals surface area contributed by atoms with E-state index in [-0.39, 0.29) is 5.41 Å². The SMILES string of the molecule is C=CCC/N=C1\CCC(C)(C)/C=C(/CC=C)C(C)C1. The largest absolute Gasteiger partial charge is 0.294 e. The molecule has 0 fully saturated rings. The topological polar surface area (TPSA) is 12.4 Å². The van der Waals surface area contributed by atoms with Crippen molar-refractivity contribution >= 4 is 5.71 Å². The molecule has 1 nitrogen and oxygen atoms in total. The van der Waals surface area contributed by atoms with Gasteiger partial charge in [-0.2, -0.15) is 0 Å². The summed E-state index contributed by atoms with van der Waals surface area (Å²) in [6.45, 7) is 15.5. The van der Waals surface area contributed by atoms with E-state index in [0.717, 1.165) is 32.2 Å². The molecule has 0 aromatic carbocycles. The van der Waals surface area contributed by atoms with Crippen LogP contribution in [0.25, 0.3) is 0 Å². The van der Waals surface area contributed by atoms with E-state index < -0.39 is 0 Å². The summed E-state index contributed by atoms with van der Waals surface area (Å²) in [7, 11) is 0. The average Bonchev–Trinajstić information content (AvgIpc) is 2.34. The van der Waals surface area contributed by atoms with Crippen LogP contribution in [0, 0.1) is 11.3 Å². The highest BCUT2D eigenvalue weighted by molar-refractivity contribution is 5.85. The number of hydrogen-bond donors (Lipinski definition) is 0. The lowest BCUT2D eigenvalue weighted by atomic mass is 9.77. The fourth-order valence-corrected chi connectivity index (χ4v) is 2.65. The van der Waals surface area contributed by atoms with Gasteiger partial charge in [0.1, 0.15) is 0 Å². The van der Waals surface area contributed by atoms with Gasteiger partial charge >= 0.3 is 0 Å². The fourth-order valence-electron chi connectivity index (χ4n) is 2.65. The smallest absolute Gasteiger partial charge is 0.0423 e. The van der Waals surface area contributed by atoms with Gasteiger partial charge in [0.25, 0.3) is 0 Å². The first-order chi connectivity index (χ1) is 8.98. The van der Waals surface area contributed by atoms with Gasteiger partial charge in [0.2, 0.25) is 0 Å². The standard InChI is InChI=1S/C18H29N/c1-6-8-12-19-17-10-11-18(4,5)14-16(9-7-2)15(3)13-17/h6-7,14-15H,1-2,8-13H2,3-5H3/b16-14-,19-17+. The predicted octanol–water partition coefficient (Wildman–Crippen LogP) is 5.35. The van der Waals surface area contributed by atoms with E-state index in [0.29, 0.717) is 5.92 Å². The third kappa shape index (κ3) is 5.59. The molecule has 0 radical (unpaired) electrons. The highest BCUT2D eigenvalue weighted by Crippen LogP contribution is 2.34. The summed E-state index contributed by atoms with van der Waals surface area (Å²) in [6, 6.07) is 0. The van der Waals surface area contributed by atoms with Crippen LogP contribution >= 0.6 is 0 Å². The molecule has 1 unspecified atom stereocenters. The van der Waals surface area contributed by atoms with Crippen molar-refractivity contribution in [2.24, 2.45) is 16.3 Å². The minimum Gasteiger partial charge on any atom is -0.294 e. The van der Waals surface area contributed by atoms with Crippen LogP contribution in [-0.4, -0.2) is 12.3 Å². The van der Waals surface area contributed by atoms with Crippen LogP contribution in [0.5, 0.6) is 0 Å². The Hall–Kier alpha value is -1.11. The Kier molecular flexibility index (Phi) is 6.27. The van der Waals surface area contributed by atoms with E-state index in [2.05, 4.69) is 40.0 Å². The van der Waals surface area contributed by atoms with Gasteiger partial charge < -0.3 is 0 Å². The summed E-state index contributed by atoms with van der Waals surface area (Å²) in [4.78, 5) is 4.78. The number of nitrogens with zero attached hydrogens (tertiary/aromatic N) is 1. The monoisotopic (exact) mass is 259 g/mol. The Morgan fingerprint density at radius 2 is 2.11 bits per heavy atom. The summed E-state index contributed by atoms with van der Waals surface area (Å²) in [5.41, 5.74) is 3.18. The van der Waals surface area contributed by atoms with Crippen molar-refractivity contribution in [3.8, 4) is 0 Å². The highest BCUT2D eigenvalue weighted by atomic mass is 14.7. The summed E-state index contributed by atoms with van der Waals surface area (Å²) >= 11 is 0. The van der Waals surface area contributed by atoms with E-state index in [1.807, 2.05) is 12.2 Å². The lowest BCUT2D eigenvalue weighted by Crippen LogP contribution is -2.19. The van der Waals surface area contributed by atoms with Gasteiger partial charge in [-0.15, -0.1) is 13.2 Å². The van der Waals surface area contributed by atoms with E-state index in [9.17, 15) is 0 Å². The number of allylic oxidation sites excluding steroid dienone is 3. The van der Waals surface area contributed by atoms with E-state index >= 15 is 0 Å². The molecular weight excluding hydrogens is 230 g/mol. The molecule has 0 bridgehead atoms. The van der Waals surface area contributed by atoms with Crippen LogP contribution in [0.15, 0.2) is 42.0 Å². The normalized spacial score (nSPS) is 28.1. The summed E-state index contributed by atoms with van der Waals surface area (Å²) in [5, 5.41) is 0. The Morgan fingerprint density at radius 1 is 1.37 bits per heavy atom. The van der Waals surface area contributed by atoms with Gasteiger partial charge in [0.05, 0.1) is 0 Å². The van der Waals surface area contributed by atoms with Crippen LogP contribution in [-0.2, 0) is 0 Å². The maximum Gasteiger partial charge on any atom is 0.0423 e. The van der Waals surface area contributed by atoms with Crippen LogP contribution in [0.2, 0.25) is 0 Å². The molecule has 19 heavy (non-hydrogen) atoms. The van der Waals surface area contributed by atoms with E-state index in [1.165, 1.54) is 17.7 Å². The van der Waals surface area contributed by atoms with Gasteiger partial charge in [-0.3, -0.25) is 4.99 Å². The van der Waals surface area contributed by atoms with Crippen molar-refractivity contribution in [2.45, 2.75) is 52.9 Å². The van der Waals surface area contributed by atoms with Gasteiger partial charge in [-0.25, -0.2) is 0 Å². The minimum atomic E-state index is 0.270. The van der Waals surface area contributed by atoms with Crippen molar-refractivity contribution < 1.29 is 0 Å². The molecule has 0 saturated carbocycles. The Bertz CT molecular complexity index is 371. The summed E-state index contributed by atoms with van der Waals surface area (Å²) in [5.74, 6) is 0.583. The molecule has 0 N–H and O–H groups in total.